The average Bonchev–Trinajstić information content (AvgIpc) is 3.38. The zero-order valence-electron chi connectivity index (χ0n) is 17.9. The molecular weight excluding hydrogens is 374 g/mol. The van der Waals surface area contributed by atoms with Crippen molar-refractivity contribution in [1.29, 1.82) is 0 Å². The number of piperidine rings is 1. The van der Waals surface area contributed by atoms with E-state index in [0.29, 0.717) is 5.92 Å². The van der Waals surface area contributed by atoms with E-state index in [1.165, 1.54) is 50.8 Å². The van der Waals surface area contributed by atoms with Crippen LogP contribution in [0.25, 0.3) is 0 Å². The summed E-state index contributed by atoms with van der Waals surface area (Å²) in [6, 6.07) is 8.27. The Morgan fingerprint density at radius 2 is 1.83 bits per heavy atom. The van der Waals surface area contributed by atoms with Gasteiger partial charge in [0, 0.05) is 44.1 Å². The Balaban J connectivity index is 1.29. The maximum atomic E-state index is 13.3. The zero-order valence-corrected chi connectivity index (χ0v) is 17.9. The van der Waals surface area contributed by atoms with Gasteiger partial charge in [-0.15, -0.1) is 10.2 Å². The van der Waals surface area contributed by atoms with Crippen molar-refractivity contribution in [1.82, 2.24) is 24.6 Å². The molecule has 0 saturated carbocycles. The fraction of sp³-hybridized carbons (Fsp3) is 0.625. The van der Waals surface area contributed by atoms with Gasteiger partial charge in [-0.05, 0) is 69.3 Å². The first kappa shape index (κ1) is 19.7. The molecule has 30 heavy (non-hydrogen) atoms. The molecule has 1 unspecified atom stereocenters. The van der Waals surface area contributed by atoms with Gasteiger partial charge < -0.3 is 9.47 Å². The minimum Gasteiger partial charge on any atom is -0.338 e. The van der Waals surface area contributed by atoms with Crippen molar-refractivity contribution in [2.75, 3.05) is 26.2 Å². The standard InChI is InChI=1S/C24H33N5O/c30-24(20-9-6-8-19(16-20)17-27-12-4-5-13-27)28-14-7-10-21(18-28)23-26-25-22-11-2-1-3-15-29(22)23/h6,8-9,16,21H,1-5,7,10-15,17-18H2. The highest BCUT2D eigenvalue weighted by Crippen LogP contribution is 2.29. The van der Waals surface area contributed by atoms with Crippen molar-refractivity contribution in [2.24, 2.45) is 0 Å². The number of carbonyl (C=O) groups is 1. The van der Waals surface area contributed by atoms with Gasteiger partial charge in [0.2, 0.25) is 0 Å². The van der Waals surface area contributed by atoms with Gasteiger partial charge in [0.1, 0.15) is 11.6 Å². The van der Waals surface area contributed by atoms with E-state index in [4.69, 9.17) is 0 Å². The number of rotatable bonds is 4. The van der Waals surface area contributed by atoms with Crippen LogP contribution in [-0.2, 0) is 19.5 Å². The molecule has 0 bridgehead atoms. The lowest BCUT2D eigenvalue weighted by Crippen LogP contribution is -2.40. The monoisotopic (exact) mass is 407 g/mol. The van der Waals surface area contributed by atoms with Crippen molar-refractivity contribution in [3.8, 4) is 0 Å². The second kappa shape index (κ2) is 8.88. The van der Waals surface area contributed by atoms with Crippen LogP contribution < -0.4 is 0 Å². The molecule has 0 spiro atoms. The Labute approximate surface area is 179 Å². The van der Waals surface area contributed by atoms with Gasteiger partial charge in [-0.3, -0.25) is 9.69 Å². The van der Waals surface area contributed by atoms with Gasteiger partial charge >= 0.3 is 0 Å². The third-order valence-corrected chi connectivity index (χ3v) is 6.99. The molecule has 4 heterocycles. The van der Waals surface area contributed by atoms with Gasteiger partial charge in [0.15, 0.2) is 0 Å². The van der Waals surface area contributed by atoms with Gasteiger partial charge in [-0.2, -0.15) is 0 Å². The zero-order chi connectivity index (χ0) is 20.3. The smallest absolute Gasteiger partial charge is 0.253 e. The maximum absolute atomic E-state index is 13.3. The van der Waals surface area contributed by atoms with Gasteiger partial charge in [0.25, 0.3) is 5.91 Å². The molecule has 3 aliphatic rings. The Morgan fingerprint density at radius 1 is 0.967 bits per heavy atom. The highest BCUT2D eigenvalue weighted by atomic mass is 16.2. The molecule has 0 N–H and O–H groups in total. The molecule has 5 rings (SSSR count). The Hall–Kier alpha value is -2.21. The molecule has 0 aliphatic carbocycles. The van der Waals surface area contributed by atoms with Crippen molar-refractivity contribution < 1.29 is 4.79 Å². The normalized spacial score (nSPS) is 22.7. The third-order valence-electron chi connectivity index (χ3n) is 6.99. The predicted octanol–water partition coefficient (Wildman–Crippen LogP) is 3.62. The fourth-order valence-electron chi connectivity index (χ4n) is 5.37. The summed E-state index contributed by atoms with van der Waals surface area (Å²) in [5, 5.41) is 9.06. The third kappa shape index (κ3) is 4.15. The van der Waals surface area contributed by atoms with Crippen molar-refractivity contribution in [3.05, 3.63) is 47.0 Å². The molecule has 2 aromatic rings. The molecule has 3 aliphatic heterocycles. The summed E-state index contributed by atoms with van der Waals surface area (Å²) in [5.74, 6) is 2.71. The summed E-state index contributed by atoms with van der Waals surface area (Å²) in [6.45, 7) is 5.93. The van der Waals surface area contributed by atoms with Crippen molar-refractivity contribution in [3.63, 3.8) is 0 Å². The fourth-order valence-corrected chi connectivity index (χ4v) is 5.37. The minimum absolute atomic E-state index is 0.165. The van der Waals surface area contributed by atoms with E-state index in [1.807, 2.05) is 17.0 Å². The first-order chi connectivity index (χ1) is 14.8. The van der Waals surface area contributed by atoms with Gasteiger partial charge in [-0.25, -0.2) is 0 Å². The van der Waals surface area contributed by atoms with Crippen LogP contribution >= 0.6 is 0 Å². The second-order valence-corrected chi connectivity index (χ2v) is 9.21. The molecule has 0 radical (unpaired) electrons. The number of hydrogen-bond acceptors (Lipinski definition) is 4. The number of hydrogen-bond donors (Lipinski definition) is 0. The molecule has 1 aromatic carbocycles. The van der Waals surface area contributed by atoms with Crippen LogP contribution in [0.5, 0.6) is 0 Å². The Morgan fingerprint density at radius 3 is 2.73 bits per heavy atom. The summed E-state index contributed by atoms with van der Waals surface area (Å²) in [7, 11) is 0. The first-order valence-corrected chi connectivity index (χ1v) is 11.8. The van der Waals surface area contributed by atoms with Crippen LogP contribution in [0.4, 0.5) is 0 Å². The summed E-state index contributed by atoms with van der Waals surface area (Å²) < 4.78 is 2.35. The number of aromatic nitrogens is 3. The SMILES string of the molecule is O=C(c1cccc(CN2CCCC2)c1)N1CCCC(c2nnc3n2CCCCC3)C1. The lowest BCUT2D eigenvalue weighted by Gasteiger charge is -2.32. The molecule has 6 nitrogen and oxygen atoms in total. The summed E-state index contributed by atoms with van der Waals surface area (Å²) in [4.78, 5) is 17.8. The van der Waals surface area contributed by atoms with Crippen LogP contribution in [-0.4, -0.2) is 56.7 Å². The molecule has 6 heteroatoms. The van der Waals surface area contributed by atoms with E-state index in [-0.39, 0.29) is 5.91 Å². The summed E-state index contributed by atoms with van der Waals surface area (Å²) >= 11 is 0. The maximum Gasteiger partial charge on any atom is 0.253 e. The molecular formula is C24H33N5O. The Bertz CT molecular complexity index is 885. The average molecular weight is 408 g/mol. The number of aryl methyl sites for hydroxylation is 1. The quantitative estimate of drug-likeness (QED) is 0.777. The number of amides is 1. The van der Waals surface area contributed by atoms with Crippen molar-refractivity contribution >= 4 is 5.91 Å². The van der Waals surface area contributed by atoms with Crippen molar-refractivity contribution in [2.45, 2.75) is 70.4 Å². The first-order valence-electron chi connectivity index (χ1n) is 11.8. The van der Waals surface area contributed by atoms with Gasteiger partial charge in [-0.1, -0.05) is 18.6 Å². The molecule has 2 saturated heterocycles. The topological polar surface area (TPSA) is 54.3 Å². The summed E-state index contributed by atoms with van der Waals surface area (Å²) in [5.41, 5.74) is 2.08. The van der Waals surface area contributed by atoms with Gasteiger partial charge in [0.05, 0.1) is 0 Å². The molecule has 1 amide bonds. The second-order valence-electron chi connectivity index (χ2n) is 9.21. The van der Waals surface area contributed by atoms with Crippen LogP contribution in [0, 0.1) is 0 Å². The van der Waals surface area contributed by atoms with E-state index in [2.05, 4.69) is 31.8 Å². The highest BCUT2D eigenvalue weighted by molar-refractivity contribution is 5.94. The van der Waals surface area contributed by atoms with Crippen LogP contribution in [0.2, 0.25) is 0 Å². The minimum atomic E-state index is 0.165. The van der Waals surface area contributed by atoms with Crippen LogP contribution in [0.15, 0.2) is 24.3 Å². The molecule has 160 valence electrons. The van der Waals surface area contributed by atoms with E-state index in [0.717, 1.165) is 62.7 Å². The highest BCUT2D eigenvalue weighted by Gasteiger charge is 2.30. The predicted molar refractivity (Wildman–Crippen MR) is 116 cm³/mol. The van der Waals surface area contributed by atoms with Crippen LogP contribution in [0.1, 0.15) is 78.4 Å². The molecule has 2 fully saturated rings. The molecule has 1 atom stereocenters. The number of carbonyl (C=O) groups excluding carboxylic acids is 1. The van der Waals surface area contributed by atoms with E-state index in [1.54, 1.807) is 0 Å². The largest absolute Gasteiger partial charge is 0.338 e. The molecule has 1 aromatic heterocycles. The Kier molecular flexibility index (Phi) is 5.84. The number of benzene rings is 1. The summed E-state index contributed by atoms with van der Waals surface area (Å²) in [6.07, 6.45) is 9.43. The number of nitrogens with zero attached hydrogens (tertiary/aromatic N) is 5. The van der Waals surface area contributed by atoms with Crippen LogP contribution in [0.3, 0.4) is 0 Å². The number of fused-ring (bicyclic) bond motifs is 1. The van der Waals surface area contributed by atoms with E-state index in [9.17, 15) is 4.79 Å². The van der Waals surface area contributed by atoms with E-state index < -0.39 is 0 Å². The van der Waals surface area contributed by atoms with E-state index >= 15 is 0 Å². The lowest BCUT2D eigenvalue weighted by atomic mass is 9.96. The lowest BCUT2D eigenvalue weighted by molar-refractivity contribution is 0.0703. The number of likely N-dealkylation sites (tertiary alicyclic amines) is 2.